The molecule has 0 aliphatic heterocycles. The van der Waals surface area contributed by atoms with E-state index >= 15 is 0 Å². The second kappa shape index (κ2) is 6.75. The van der Waals surface area contributed by atoms with Crippen molar-refractivity contribution in [1.29, 1.82) is 0 Å². The highest BCUT2D eigenvalue weighted by atomic mass is 79.9. The smallest absolute Gasteiger partial charge is 0.422 e. The molecule has 2 aromatic carbocycles. The van der Waals surface area contributed by atoms with Crippen LogP contribution in [0.1, 0.15) is 10.4 Å². The molecule has 1 aromatic heterocycles. The highest BCUT2D eigenvalue weighted by Gasteiger charge is 2.29. The lowest BCUT2D eigenvalue weighted by atomic mass is 10.2. The maximum Gasteiger partial charge on any atom is 0.422 e. The summed E-state index contributed by atoms with van der Waals surface area (Å²) in [4.78, 5) is 12.4. The molecular weight excluding hydrogens is 405 g/mol. The van der Waals surface area contributed by atoms with Crippen molar-refractivity contribution >= 4 is 38.6 Å². The SMILES string of the molecule is O=C(Nc1noc2cccc(OCC(F)(F)F)c12)c1ccccc1Br. The molecule has 0 unspecified atom stereocenters. The van der Waals surface area contributed by atoms with E-state index in [4.69, 9.17) is 9.26 Å². The van der Waals surface area contributed by atoms with Crippen LogP contribution in [0.5, 0.6) is 5.75 Å². The molecule has 0 radical (unpaired) electrons. The molecule has 5 nitrogen and oxygen atoms in total. The van der Waals surface area contributed by atoms with Crippen LogP contribution in [0.25, 0.3) is 11.0 Å². The Kier molecular flexibility index (Phi) is 4.67. The minimum absolute atomic E-state index is 0.0199. The van der Waals surface area contributed by atoms with Gasteiger partial charge < -0.3 is 14.6 Å². The highest BCUT2D eigenvalue weighted by Crippen LogP contribution is 2.33. The summed E-state index contributed by atoms with van der Waals surface area (Å²) in [7, 11) is 0. The zero-order valence-electron chi connectivity index (χ0n) is 12.4. The van der Waals surface area contributed by atoms with Crippen LogP contribution in [0.15, 0.2) is 51.5 Å². The van der Waals surface area contributed by atoms with E-state index in [2.05, 4.69) is 26.4 Å². The molecule has 9 heteroatoms. The standard InChI is InChI=1S/C16H10BrF3N2O3/c17-10-5-2-1-4-9(10)15(23)21-14-13-11(24-8-16(18,19)20)6-3-7-12(13)25-22-14/h1-7H,8H2,(H,21,22,23). The summed E-state index contributed by atoms with van der Waals surface area (Å²) in [6.07, 6.45) is -4.49. The van der Waals surface area contributed by atoms with Gasteiger partial charge in [-0.2, -0.15) is 13.2 Å². The molecule has 1 amide bonds. The van der Waals surface area contributed by atoms with Crippen LogP contribution in [0.3, 0.4) is 0 Å². The molecule has 1 N–H and O–H groups in total. The van der Waals surface area contributed by atoms with Gasteiger partial charge in [0.05, 0.1) is 5.56 Å². The number of halogens is 4. The number of rotatable bonds is 4. The molecule has 0 spiro atoms. The fraction of sp³-hybridized carbons (Fsp3) is 0.125. The summed E-state index contributed by atoms with van der Waals surface area (Å²) in [6, 6.07) is 11.0. The predicted octanol–water partition coefficient (Wildman–Crippen LogP) is 4.78. The topological polar surface area (TPSA) is 64.4 Å². The monoisotopic (exact) mass is 414 g/mol. The van der Waals surface area contributed by atoms with Crippen LogP contribution in [0, 0.1) is 0 Å². The Morgan fingerprint density at radius 2 is 1.96 bits per heavy atom. The van der Waals surface area contributed by atoms with Crippen LogP contribution >= 0.6 is 15.9 Å². The third kappa shape index (κ3) is 3.93. The first-order chi connectivity index (χ1) is 11.8. The van der Waals surface area contributed by atoms with Crippen molar-refractivity contribution in [3.05, 3.63) is 52.5 Å². The van der Waals surface area contributed by atoms with Crippen molar-refractivity contribution in [1.82, 2.24) is 5.16 Å². The maximum atomic E-state index is 12.4. The summed E-state index contributed by atoms with van der Waals surface area (Å²) in [5.74, 6) is -0.597. The number of hydrogen-bond donors (Lipinski definition) is 1. The molecule has 0 fully saturated rings. The first kappa shape index (κ1) is 17.3. The fourth-order valence-corrected chi connectivity index (χ4v) is 2.61. The number of benzene rings is 2. The van der Waals surface area contributed by atoms with Gasteiger partial charge in [0, 0.05) is 4.47 Å². The van der Waals surface area contributed by atoms with Crippen molar-refractivity contribution in [2.45, 2.75) is 6.18 Å². The quantitative estimate of drug-likeness (QED) is 0.666. The summed E-state index contributed by atoms with van der Waals surface area (Å²) in [6.45, 7) is -1.46. The van der Waals surface area contributed by atoms with Gasteiger partial charge in [0.25, 0.3) is 5.91 Å². The van der Waals surface area contributed by atoms with Gasteiger partial charge >= 0.3 is 6.18 Å². The van der Waals surface area contributed by atoms with Gasteiger partial charge in [-0.15, -0.1) is 0 Å². The number of carbonyl (C=O) groups is 1. The molecule has 130 valence electrons. The largest absolute Gasteiger partial charge is 0.483 e. The minimum atomic E-state index is -4.49. The Labute approximate surface area is 147 Å². The van der Waals surface area contributed by atoms with Crippen molar-refractivity contribution in [3.8, 4) is 5.75 Å². The van der Waals surface area contributed by atoms with Crippen LogP contribution in [0.2, 0.25) is 0 Å². The number of amides is 1. The van der Waals surface area contributed by atoms with Gasteiger partial charge in [-0.3, -0.25) is 4.79 Å². The average Bonchev–Trinajstić information content (AvgIpc) is 2.96. The van der Waals surface area contributed by atoms with Gasteiger partial charge in [-0.25, -0.2) is 0 Å². The average molecular weight is 415 g/mol. The van der Waals surface area contributed by atoms with E-state index in [1.165, 1.54) is 18.2 Å². The number of anilines is 1. The second-order valence-corrected chi connectivity index (χ2v) is 5.85. The Bertz CT molecular complexity index is 924. The molecule has 3 aromatic rings. The van der Waals surface area contributed by atoms with Gasteiger partial charge in [-0.1, -0.05) is 23.4 Å². The van der Waals surface area contributed by atoms with Crippen molar-refractivity contribution in [2.24, 2.45) is 0 Å². The minimum Gasteiger partial charge on any atom is -0.483 e. The Morgan fingerprint density at radius 3 is 2.68 bits per heavy atom. The van der Waals surface area contributed by atoms with Crippen molar-refractivity contribution < 1.29 is 27.2 Å². The van der Waals surface area contributed by atoms with Gasteiger partial charge in [-0.05, 0) is 40.2 Å². The number of alkyl halides is 3. The summed E-state index contributed by atoms with van der Waals surface area (Å²) in [5.41, 5.74) is 0.537. The molecule has 1 heterocycles. The highest BCUT2D eigenvalue weighted by molar-refractivity contribution is 9.10. The first-order valence-electron chi connectivity index (χ1n) is 6.99. The predicted molar refractivity (Wildman–Crippen MR) is 87.7 cm³/mol. The zero-order chi connectivity index (χ0) is 18.0. The number of carbonyl (C=O) groups excluding carboxylic acids is 1. The van der Waals surface area contributed by atoms with Crippen LogP contribution in [0.4, 0.5) is 19.0 Å². The molecule has 0 atom stereocenters. The van der Waals surface area contributed by atoms with Crippen LogP contribution in [-0.2, 0) is 0 Å². The Balaban J connectivity index is 1.92. The first-order valence-corrected chi connectivity index (χ1v) is 7.78. The lowest BCUT2D eigenvalue weighted by molar-refractivity contribution is -0.153. The number of ether oxygens (including phenoxy) is 1. The second-order valence-electron chi connectivity index (χ2n) is 5.00. The summed E-state index contributed by atoms with van der Waals surface area (Å²) >= 11 is 3.26. The summed E-state index contributed by atoms with van der Waals surface area (Å²) in [5, 5.41) is 6.40. The van der Waals surface area contributed by atoms with Crippen molar-refractivity contribution in [3.63, 3.8) is 0 Å². The van der Waals surface area contributed by atoms with Gasteiger partial charge in [0.1, 0.15) is 11.1 Å². The van der Waals surface area contributed by atoms with Gasteiger partial charge in [0.15, 0.2) is 18.0 Å². The van der Waals surface area contributed by atoms with E-state index in [1.807, 2.05) is 0 Å². The van der Waals surface area contributed by atoms with Crippen LogP contribution < -0.4 is 10.1 Å². The van der Waals surface area contributed by atoms with E-state index in [9.17, 15) is 18.0 Å². The third-order valence-corrected chi connectivity index (χ3v) is 3.89. The lowest BCUT2D eigenvalue weighted by Gasteiger charge is -2.10. The summed E-state index contributed by atoms with van der Waals surface area (Å²) < 4.78 is 47.6. The molecule has 0 aliphatic rings. The maximum absolute atomic E-state index is 12.4. The van der Waals surface area contributed by atoms with E-state index in [1.54, 1.807) is 24.3 Å². The molecular formula is C16H10BrF3N2O3. The molecule has 0 saturated heterocycles. The Hall–Kier alpha value is -2.55. The molecule has 0 aliphatic carbocycles. The Morgan fingerprint density at radius 1 is 1.20 bits per heavy atom. The third-order valence-electron chi connectivity index (χ3n) is 3.20. The number of nitrogens with one attached hydrogen (secondary N) is 1. The molecule has 0 bridgehead atoms. The fourth-order valence-electron chi connectivity index (χ4n) is 2.15. The van der Waals surface area contributed by atoms with Gasteiger partial charge in [0.2, 0.25) is 0 Å². The van der Waals surface area contributed by atoms with E-state index in [0.717, 1.165) is 0 Å². The molecule has 25 heavy (non-hydrogen) atoms. The molecule has 3 rings (SSSR count). The van der Waals surface area contributed by atoms with Crippen LogP contribution in [-0.4, -0.2) is 23.8 Å². The van der Waals surface area contributed by atoms with E-state index in [-0.39, 0.29) is 22.5 Å². The lowest BCUT2D eigenvalue weighted by Crippen LogP contribution is -2.19. The zero-order valence-corrected chi connectivity index (χ0v) is 14.0. The van der Waals surface area contributed by atoms with Crippen molar-refractivity contribution in [2.75, 3.05) is 11.9 Å². The number of aromatic nitrogens is 1. The number of hydrogen-bond acceptors (Lipinski definition) is 4. The number of fused-ring (bicyclic) bond motifs is 1. The normalized spacial score (nSPS) is 11.5. The van der Waals surface area contributed by atoms with E-state index in [0.29, 0.717) is 10.0 Å². The van der Waals surface area contributed by atoms with E-state index < -0.39 is 18.7 Å². The molecule has 0 saturated carbocycles. The number of nitrogens with zero attached hydrogens (tertiary/aromatic N) is 1.